The van der Waals surface area contributed by atoms with Crippen molar-refractivity contribution in [1.82, 2.24) is 0 Å². The van der Waals surface area contributed by atoms with Crippen molar-refractivity contribution < 1.29 is 51.9 Å². The summed E-state index contributed by atoms with van der Waals surface area (Å²) in [4.78, 5) is 0. The summed E-state index contributed by atoms with van der Waals surface area (Å²) in [5, 5.41) is 36.3. The minimum Gasteiger partial charge on any atom is -0.508 e. The first kappa shape index (κ1) is 53.0. The Balaban J connectivity index is 0.000000128. The van der Waals surface area contributed by atoms with Crippen LogP contribution in [0.15, 0.2) is 182 Å². The van der Waals surface area contributed by atoms with Crippen LogP contribution >= 0.6 is 45.9 Å². The summed E-state index contributed by atoms with van der Waals surface area (Å²) in [7, 11) is -13.7. The summed E-state index contributed by atoms with van der Waals surface area (Å²) in [6.45, 7) is 2.18. The van der Waals surface area contributed by atoms with Gasteiger partial charge in [-0.25, -0.2) is 0 Å². The Morgan fingerprint density at radius 1 is 0.397 bits per heavy atom. The van der Waals surface area contributed by atoms with Gasteiger partial charge >= 0.3 is 31.3 Å². The van der Waals surface area contributed by atoms with Gasteiger partial charge < -0.3 is 5.11 Å². The topological polar surface area (TPSA) is 97.7 Å². The first-order valence-electron chi connectivity index (χ1n) is 23.5. The molecule has 0 saturated carbocycles. The molecule has 392 valence electrons. The molecule has 2 heterocycles. The van der Waals surface area contributed by atoms with Crippen LogP contribution in [0.5, 0.6) is 5.75 Å². The summed E-state index contributed by atoms with van der Waals surface area (Å²) in [5.41, 5.74) is -11.2. The van der Waals surface area contributed by atoms with Crippen LogP contribution in [0.1, 0.15) is 5.56 Å². The highest BCUT2D eigenvalue weighted by Crippen LogP contribution is 2.46. The lowest BCUT2D eigenvalue weighted by molar-refractivity contribution is -0.0585. The smallest absolute Gasteiger partial charge is 0.508 e. The molecule has 0 saturated heterocycles. The number of rotatable bonds is 2. The number of aryl methyl sites for hydroxylation is 1. The molecule has 12 aromatic carbocycles. The molecule has 14 rings (SSSR count). The van der Waals surface area contributed by atoms with Crippen LogP contribution in [-0.4, -0.2) is 38.3 Å². The standard InChI is InChI=1S/C29H18S.C28H16OS.C2F6O5S2.CH2Cl2/c1-17-10-12-22-23(14-17)20-8-4-5-9-21(20)24-15-26-28(16-25(22)24)30-27-13-11-18-6-2-3-7-19(18)29(26)27;29-17-10-11-21-22(13-17)19-7-3-4-8-20(19)23-14-25-27(15-24(21)23)30-26-12-9-16-5-1-2-6-18(16)28(25)26;3-1(4,5)14(9,10)13-15(11,12)2(6,7)8;2-1-3/h2-16H,1H3;1-15,29H;;1H2. The van der Waals surface area contributed by atoms with Crippen LogP contribution in [0.4, 0.5) is 26.3 Å². The Morgan fingerprint density at radius 3 is 1.14 bits per heavy atom. The largest absolute Gasteiger partial charge is 0.524 e. The Hall–Kier alpha value is -7.02. The number of halogens is 8. The number of hydrogen-bond donors (Lipinski definition) is 1. The van der Waals surface area contributed by atoms with Crippen LogP contribution in [0, 0.1) is 6.92 Å². The van der Waals surface area contributed by atoms with Crippen molar-refractivity contribution in [3.63, 3.8) is 0 Å². The fourth-order valence-corrected chi connectivity index (χ4v) is 14.1. The van der Waals surface area contributed by atoms with Crippen molar-refractivity contribution >= 4 is 193 Å². The van der Waals surface area contributed by atoms with Gasteiger partial charge in [-0.1, -0.05) is 139 Å². The van der Waals surface area contributed by atoms with E-state index in [0.717, 1.165) is 5.39 Å². The molecular weight excluding hydrogens is 1130 g/mol. The summed E-state index contributed by atoms with van der Waals surface area (Å²) < 4.78 is 115. The predicted octanol–water partition coefficient (Wildman–Crippen LogP) is 19.5. The number of benzene rings is 12. The molecule has 0 bridgehead atoms. The second-order valence-electron chi connectivity index (χ2n) is 18.2. The zero-order valence-corrected chi connectivity index (χ0v) is 45.0. The van der Waals surface area contributed by atoms with E-state index in [-0.39, 0.29) is 5.34 Å². The van der Waals surface area contributed by atoms with Gasteiger partial charge in [0, 0.05) is 40.3 Å². The number of thiophene rings is 2. The number of hydrogen-bond acceptors (Lipinski definition) is 8. The Kier molecular flexibility index (Phi) is 13.6. The molecule has 0 radical (unpaired) electrons. The average molecular weight is 1170 g/mol. The van der Waals surface area contributed by atoms with Crippen LogP contribution in [-0.2, 0) is 23.9 Å². The molecule has 0 aliphatic heterocycles. The third-order valence-electron chi connectivity index (χ3n) is 13.5. The van der Waals surface area contributed by atoms with E-state index in [1.165, 1.54) is 127 Å². The zero-order valence-electron chi connectivity index (χ0n) is 40.2. The lowest BCUT2D eigenvalue weighted by Gasteiger charge is -2.11. The number of aromatic hydroxyl groups is 1. The molecule has 0 spiro atoms. The van der Waals surface area contributed by atoms with Crippen LogP contribution in [0.3, 0.4) is 0 Å². The monoisotopic (exact) mass is 1160 g/mol. The third kappa shape index (κ3) is 9.32. The van der Waals surface area contributed by atoms with Gasteiger partial charge in [0.1, 0.15) is 5.75 Å². The van der Waals surface area contributed by atoms with Gasteiger partial charge in [-0.15, -0.1) is 49.5 Å². The lowest BCUT2D eigenvalue weighted by atomic mass is 9.92. The molecule has 18 heteroatoms. The van der Waals surface area contributed by atoms with E-state index in [1.54, 1.807) is 6.07 Å². The second-order valence-corrected chi connectivity index (χ2v) is 24.4. The van der Waals surface area contributed by atoms with Gasteiger partial charge in [-0.05, 0) is 142 Å². The van der Waals surface area contributed by atoms with Crippen molar-refractivity contribution in [3.8, 4) is 5.75 Å². The molecule has 2 aromatic heterocycles. The SMILES string of the molecule is Cc1ccc2c(c1)c1ccccc1c1cc3c(cc21)sc1ccc2ccccc2c13.ClCCl.O=S(=O)(OS(=O)(=O)C(F)(F)F)C(F)(F)F.Oc1ccc2c(c1)c1ccccc1c1cc3c(cc21)sc1ccc2ccccc2c13. The van der Waals surface area contributed by atoms with Crippen LogP contribution < -0.4 is 0 Å². The van der Waals surface area contributed by atoms with E-state index in [1.807, 2.05) is 38.4 Å². The second kappa shape index (κ2) is 20.0. The highest BCUT2D eigenvalue weighted by Gasteiger charge is 2.57. The van der Waals surface area contributed by atoms with E-state index in [4.69, 9.17) is 23.2 Å². The first-order chi connectivity index (χ1) is 37.2. The predicted molar refractivity (Wildman–Crippen MR) is 313 cm³/mol. The fourth-order valence-electron chi connectivity index (χ4n) is 10.3. The van der Waals surface area contributed by atoms with E-state index in [2.05, 4.69) is 171 Å². The summed E-state index contributed by atoms with van der Waals surface area (Å²) in [5.74, 6) is 0.307. The van der Waals surface area contributed by atoms with E-state index in [0.29, 0.717) is 5.75 Å². The minimum atomic E-state index is -6.85. The number of phenolic OH excluding ortho intramolecular Hbond substituents is 1. The van der Waals surface area contributed by atoms with Crippen molar-refractivity contribution in [1.29, 1.82) is 0 Å². The Labute approximate surface area is 458 Å². The molecule has 0 aliphatic carbocycles. The molecule has 1 N–H and O–H groups in total. The molecule has 14 aromatic rings. The maximum absolute atomic E-state index is 11.4. The van der Waals surface area contributed by atoms with Crippen molar-refractivity contribution in [3.05, 3.63) is 188 Å². The van der Waals surface area contributed by atoms with Gasteiger partial charge in [-0.2, -0.15) is 43.2 Å². The number of phenols is 1. The molecule has 0 aliphatic rings. The molecular formula is C60H36Cl2F6O6S4. The van der Waals surface area contributed by atoms with Gasteiger partial charge in [0.2, 0.25) is 0 Å². The minimum absolute atomic E-state index is 0.194. The normalized spacial score (nSPS) is 12.5. The molecule has 0 atom stereocenters. The van der Waals surface area contributed by atoms with Crippen molar-refractivity contribution in [2.75, 3.05) is 5.34 Å². The quantitative estimate of drug-likeness (QED) is 0.0801. The van der Waals surface area contributed by atoms with E-state index in [9.17, 15) is 48.3 Å². The maximum Gasteiger partial charge on any atom is 0.524 e. The molecule has 0 fully saturated rings. The van der Waals surface area contributed by atoms with Crippen LogP contribution in [0.25, 0.3) is 127 Å². The van der Waals surface area contributed by atoms with Crippen molar-refractivity contribution in [2.45, 2.75) is 17.9 Å². The lowest BCUT2D eigenvalue weighted by Crippen LogP contribution is -2.34. The third-order valence-corrected chi connectivity index (χ3v) is 18.3. The Morgan fingerprint density at radius 2 is 0.731 bits per heavy atom. The van der Waals surface area contributed by atoms with Gasteiger partial charge in [0.15, 0.2) is 0 Å². The van der Waals surface area contributed by atoms with Gasteiger partial charge in [0.05, 0.1) is 5.34 Å². The summed E-state index contributed by atoms with van der Waals surface area (Å²) in [6, 6.07) is 66.0. The highest BCUT2D eigenvalue weighted by atomic mass is 35.5. The van der Waals surface area contributed by atoms with Crippen molar-refractivity contribution in [2.24, 2.45) is 0 Å². The average Bonchev–Trinajstić information content (AvgIpc) is 4.01. The van der Waals surface area contributed by atoms with Gasteiger partial charge in [0.25, 0.3) is 0 Å². The maximum atomic E-state index is 11.4. The van der Waals surface area contributed by atoms with Gasteiger partial charge in [-0.3, -0.25) is 0 Å². The molecule has 6 nitrogen and oxygen atoms in total. The Bertz CT molecular complexity index is 4690. The molecule has 0 amide bonds. The first-order valence-corrected chi connectivity index (χ1v) is 29.1. The van der Waals surface area contributed by atoms with E-state index < -0.39 is 31.3 Å². The molecule has 78 heavy (non-hydrogen) atoms. The number of fused-ring (bicyclic) bond motifs is 22. The highest BCUT2D eigenvalue weighted by molar-refractivity contribution is 8.00. The number of alkyl halides is 8. The summed E-state index contributed by atoms with van der Waals surface area (Å²) in [6.07, 6.45) is 0. The van der Waals surface area contributed by atoms with Crippen LogP contribution in [0.2, 0.25) is 0 Å². The van der Waals surface area contributed by atoms with E-state index >= 15 is 0 Å². The fraction of sp³-hybridized carbons (Fsp3) is 0.0667. The summed E-state index contributed by atoms with van der Waals surface area (Å²) >= 11 is 13.3. The molecule has 0 unspecified atom stereocenters. The zero-order chi connectivity index (χ0) is 55.1.